The summed E-state index contributed by atoms with van der Waals surface area (Å²) in [6.07, 6.45) is 6.17. The second-order valence-electron chi connectivity index (χ2n) is 3.16. The molecule has 0 bridgehead atoms. The van der Waals surface area contributed by atoms with Crippen molar-refractivity contribution in [2.75, 3.05) is 6.54 Å². The molecule has 0 unspecified atom stereocenters. The first kappa shape index (κ1) is 12.2. The summed E-state index contributed by atoms with van der Waals surface area (Å²) in [5, 5.41) is 2.46. The maximum atomic E-state index is 13.2. The minimum atomic E-state index is -1.13. The van der Waals surface area contributed by atoms with Crippen molar-refractivity contribution in [2.45, 2.75) is 12.8 Å². The molecule has 0 atom stereocenters. The van der Waals surface area contributed by atoms with Crippen LogP contribution in [0.4, 0.5) is 8.78 Å². The van der Waals surface area contributed by atoms with Crippen molar-refractivity contribution in [2.24, 2.45) is 0 Å². The van der Waals surface area contributed by atoms with Crippen molar-refractivity contribution < 1.29 is 13.6 Å². The molecule has 1 amide bonds. The van der Waals surface area contributed by atoms with E-state index in [4.69, 9.17) is 6.42 Å². The van der Waals surface area contributed by atoms with Crippen molar-refractivity contribution >= 4 is 5.91 Å². The summed E-state index contributed by atoms with van der Waals surface area (Å²) in [4.78, 5) is 11.4. The van der Waals surface area contributed by atoms with E-state index >= 15 is 0 Å². The number of hydrogen-bond donors (Lipinski definition) is 1. The van der Waals surface area contributed by atoms with Gasteiger partial charge in [-0.1, -0.05) is 6.07 Å². The third-order valence-electron chi connectivity index (χ3n) is 1.98. The van der Waals surface area contributed by atoms with E-state index in [1.165, 1.54) is 12.1 Å². The van der Waals surface area contributed by atoms with E-state index in [0.717, 1.165) is 6.07 Å². The number of carbonyl (C=O) groups is 1. The molecule has 84 valence electrons. The number of benzene rings is 1. The zero-order valence-corrected chi connectivity index (χ0v) is 8.59. The molecule has 0 saturated heterocycles. The molecule has 0 aromatic heterocycles. The van der Waals surface area contributed by atoms with Gasteiger partial charge in [0.05, 0.1) is 5.56 Å². The lowest BCUT2D eigenvalue weighted by atomic mass is 10.2. The first-order chi connectivity index (χ1) is 7.66. The highest BCUT2D eigenvalue weighted by Gasteiger charge is 2.13. The first-order valence-corrected chi connectivity index (χ1v) is 4.82. The van der Waals surface area contributed by atoms with Gasteiger partial charge in [-0.05, 0) is 18.6 Å². The average molecular weight is 223 g/mol. The van der Waals surface area contributed by atoms with Gasteiger partial charge in [-0.15, -0.1) is 12.3 Å². The summed E-state index contributed by atoms with van der Waals surface area (Å²) in [5.74, 6) is -0.373. The Balaban J connectivity index is 2.60. The summed E-state index contributed by atoms with van der Waals surface area (Å²) in [5.41, 5.74) is -0.291. The van der Waals surface area contributed by atoms with Crippen molar-refractivity contribution in [3.8, 4) is 12.3 Å². The lowest BCUT2D eigenvalue weighted by molar-refractivity contribution is 0.0948. The lowest BCUT2D eigenvalue weighted by Crippen LogP contribution is -2.25. The van der Waals surface area contributed by atoms with Crippen LogP contribution in [-0.2, 0) is 0 Å². The molecule has 1 aromatic carbocycles. The average Bonchev–Trinajstić information content (AvgIpc) is 2.28. The second kappa shape index (κ2) is 5.86. The lowest BCUT2D eigenvalue weighted by Gasteiger charge is -2.05. The van der Waals surface area contributed by atoms with Gasteiger partial charge in [-0.3, -0.25) is 4.79 Å². The second-order valence-corrected chi connectivity index (χ2v) is 3.16. The van der Waals surface area contributed by atoms with Gasteiger partial charge in [0.1, 0.15) is 0 Å². The highest BCUT2D eigenvalue weighted by atomic mass is 19.2. The molecule has 0 fully saturated rings. The number of rotatable bonds is 4. The number of amides is 1. The quantitative estimate of drug-likeness (QED) is 0.614. The van der Waals surface area contributed by atoms with E-state index in [0.29, 0.717) is 19.4 Å². The van der Waals surface area contributed by atoms with Gasteiger partial charge in [0.25, 0.3) is 5.91 Å². The predicted octanol–water partition coefficient (Wildman–Crippen LogP) is 2.11. The molecule has 1 aromatic rings. The van der Waals surface area contributed by atoms with Crippen LogP contribution in [0.3, 0.4) is 0 Å². The fraction of sp³-hybridized carbons (Fsp3) is 0.250. The van der Waals surface area contributed by atoms with Crippen LogP contribution < -0.4 is 5.32 Å². The molecule has 0 radical (unpaired) electrons. The fourth-order valence-electron chi connectivity index (χ4n) is 1.17. The Morgan fingerprint density at radius 1 is 1.44 bits per heavy atom. The molecule has 16 heavy (non-hydrogen) atoms. The SMILES string of the molecule is C#CCCCNC(=O)c1cccc(F)c1F. The molecular formula is C12H11F2NO. The first-order valence-electron chi connectivity index (χ1n) is 4.82. The topological polar surface area (TPSA) is 29.1 Å². The third-order valence-corrected chi connectivity index (χ3v) is 1.98. The van der Waals surface area contributed by atoms with Crippen LogP contribution in [0.15, 0.2) is 18.2 Å². The number of nitrogens with one attached hydrogen (secondary N) is 1. The summed E-state index contributed by atoms with van der Waals surface area (Å²) >= 11 is 0. The zero-order chi connectivity index (χ0) is 12.0. The Kier molecular flexibility index (Phi) is 4.46. The Morgan fingerprint density at radius 3 is 2.88 bits per heavy atom. The van der Waals surface area contributed by atoms with Gasteiger partial charge in [-0.25, -0.2) is 8.78 Å². The van der Waals surface area contributed by atoms with Gasteiger partial charge in [-0.2, -0.15) is 0 Å². The van der Waals surface area contributed by atoms with Crippen molar-refractivity contribution in [1.29, 1.82) is 0 Å². The van der Waals surface area contributed by atoms with E-state index in [2.05, 4.69) is 11.2 Å². The maximum Gasteiger partial charge on any atom is 0.254 e. The summed E-state index contributed by atoms with van der Waals surface area (Å²) in [7, 11) is 0. The van der Waals surface area contributed by atoms with Crippen LogP contribution in [-0.4, -0.2) is 12.5 Å². The van der Waals surface area contributed by atoms with Crippen LogP contribution >= 0.6 is 0 Å². The molecule has 0 aliphatic carbocycles. The molecule has 0 aliphatic rings. The highest BCUT2D eigenvalue weighted by Crippen LogP contribution is 2.10. The fourth-order valence-corrected chi connectivity index (χ4v) is 1.17. The summed E-state index contributed by atoms with van der Waals surface area (Å²) in [6.45, 7) is 0.346. The van der Waals surface area contributed by atoms with E-state index in [1.807, 2.05) is 0 Å². The minimum Gasteiger partial charge on any atom is -0.352 e. The molecule has 0 spiro atoms. The van der Waals surface area contributed by atoms with Gasteiger partial charge in [0.15, 0.2) is 11.6 Å². The van der Waals surface area contributed by atoms with E-state index in [1.54, 1.807) is 0 Å². The Labute approximate surface area is 92.7 Å². The molecule has 0 saturated carbocycles. The number of carbonyl (C=O) groups excluding carboxylic acids is 1. The van der Waals surface area contributed by atoms with Gasteiger partial charge >= 0.3 is 0 Å². The van der Waals surface area contributed by atoms with E-state index in [9.17, 15) is 13.6 Å². The highest BCUT2D eigenvalue weighted by molar-refractivity contribution is 5.94. The molecule has 0 heterocycles. The third kappa shape index (κ3) is 3.06. The Morgan fingerprint density at radius 2 is 2.19 bits per heavy atom. The van der Waals surface area contributed by atoms with Crippen LogP contribution in [0, 0.1) is 24.0 Å². The van der Waals surface area contributed by atoms with E-state index < -0.39 is 17.5 Å². The number of hydrogen-bond acceptors (Lipinski definition) is 1. The van der Waals surface area contributed by atoms with Crippen LogP contribution in [0.2, 0.25) is 0 Å². The van der Waals surface area contributed by atoms with Crippen molar-refractivity contribution in [3.63, 3.8) is 0 Å². The van der Waals surface area contributed by atoms with Crippen LogP contribution in [0.5, 0.6) is 0 Å². The molecular weight excluding hydrogens is 212 g/mol. The van der Waals surface area contributed by atoms with Gasteiger partial charge in [0, 0.05) is 13.0 Å². The Bertz CT molecular complexity index is 424. The molecule has 4 heteroatoms. The van der Waals surface area contributed by atoms with Gasteiger partial charge < -0.3 is 5.32 Å². The van der Waals surface area contributed by atoms with Crippen LogP contribution in [0.1, 0.15) is 23.2 Å². The van der Waals surface area contributed by atoms with Crippen molar-refractivity contribution in [3.05, 3.63) is 35.4 Å². The molecule has 0 aliphatic heterocycles. The normalized spacial score (nSPS) is 9.56. The zero-order valence-electron chi connectivity index (χ0n) is 8.59. The van der Waals surface area contributed by atoms with Crippen molar-refractivity contribution in [1.82, 2.24) is 5.32 Å². The molecule has 1 N–H and O–H groups in total. The maximum absolute atomic E-state index is 13.2. The Hall–Kier alpha value is -1.89. The monoisotopic (exact) mass is 223 g/mol. The van der Waals surface area contributed by atoms with Crippen LogP contribution in [0.25, 0.3) is 0 Å². The minimum absolute atomic E-state index is 0.291. The largest absolute Gasteiger partial charge is 0.352 e. The van der Waals surface area contributed by atoms with Gasteiger partial charge in [0.2, 0.25) is 0 Å². The standard InChI is InChI=1S/C12H11F2NO/c1-2-3-4-8-15-12(16)9-6-5-7-10(13)11(9)14/h1,5-7H,3-4,8H2,(H,15,16). The smallest absolute Gasteiger partial charge is 0.254 e. The predicted molar refractivity (Wildman–Crippen MR) is 56.8 cm³/mol. The number of halogens is 2. The summed E-state index contributed by atoms with van der Waals surface area (Å²) in [6, 6.07) is 3.48. The molecule has 1 rings (SSSR count). The molecule has 2 nitrogen and oxygen atoms in total. The summed E-state index contributed by atoms with van der Waals surface area (Å²) < 4.78 is 26.0. The number of unbranched alkanes of at least 4 members (excludes halogenated alkanes) is 1. The number of terminal acetylenes is 1. The van der Waals surface area contributed by atoms with E-state index in [-0.39, 0.29) is 5.56 Å².